The maximum atomic E-state index is 4.64. The summed E-state index contributed by atoms with van der Waals surface area (Å²) >= 11 is 0. The van der Waals surface area contributed by atoms with E-state index in [2.05, 4.69) is 55.5 Å². The van der Waals surface area contributed by atoms with Crippen LogP contribution in [0.5, 0.6) is 0 Å². The van der Waals surface area contributed by atoms with Gasteiger partial charge in [0, 0.05) is 38.4 Å². The van der Waals surface area contributed by atoms with Gasteiger partial charge >= 0.3 is 0 Å². The summed E-state index contributed by atoms with van der Waals surface area (Å²) in [6.07, 6.45) is 6.65. The molecule has 2 rings (SSSR count). The van der Waals surface area contributed by atoms with E-state index >= 15 is 0 Å². The lowest BCUT2D eigenvalue weighted by Crippen LogP contribution is -2.38. The van der Waals surface area contributed by atoms with Gasteiger partial charge in [-0.1, -0.05) is 0 Å². The minimum atomic E-state index is 0.786. The van der Waals surface area contributed by atoms with Crippen LogP contribution in [0.15, 0.2) is 23.7 Å². The zero-order chi connectivity index (χ0) is 17.9. The maximum Gasteiger partial charge on any atom is 0.191 e. The molecule has 0 saturated heterocycles. The van der Waals surface area contributed by atoms with Crippen molar-refractivity contribution >= 4 is 5.96 Å². The maximum absolute atomic E-state index is 4.64. The summed E-state index contributed by atoms with van der Waals surface area (Å²) in [5, 5.41) is 18.8. The fraction of sp³-hybridized carbons (Fsp3) is 0.647. The summed E-state index contributed by atoms with van der Waals surface area (Å²) in [7, 11) is 0. The van der Waals surface area contributed by atoms with Crippen LogP contribution in [0.2, 0.25) is 0 Å². The van der Waals surface area contributed by atoms with Crippen LogP contribution >= 0.6 is 0 Å². The quantitative estimate of drug-likeness (QED) is 0.387. The second-order valence-corrected chi connectivity index (χ2v) is 6.10. The van der Waals surface area contributed by atoms with Gasteiger partial charge in [0.05, 0.1) is 5.69 Å². The molecule has 138 valence electrons. The highest BCUT2D eigenvalue weighted by Gasteiger charge is 2.01. The highest BCUT2D eigenvalue weighted by atomic mass is 15.3. The minimum Gasteiger partial charge on any atom is -0.357 e. The average molecular weight is 346 g/mol. The third-order valence-electron chi connectivity index (χ3n) is 3.85. The zero-order valence-electron chi connectivity index (χ0n) is 15.6. The Morgan fingerprint density at radius 3 is 2.56 bits per heavy atom. The molecule has 0 aliphatic heterocycles. The van der Waals surface area contributed by atoms with Gasteiger partial charge in [0.1, 0.15) is 12.7 Å². The first-order chi connectivity index (χ1) is 12.2. The lowest BCUT2D eigenvalue weighted by Gasteiger charge is -2.11. The Labute approximate surface area is 149 Å². The van der Waals surface area contributed by atoms with Crippen LogP contribution in [0.1, 0.15) is 37.6 Å². The molecule has 0 saturated carbocycles. The number of aliphatic imine (C=N–C) groups is 1. The van der Waals surface area contributed by atoms with Crippen LogP contribution in [-0.2, 0) is 13.1 Å². The lowest BCUT2D eigenvalue weighted by molar-refractivity contribution is 0.566. The smallest absolute Gasteiger partial charge is 0.191 e. The van der Waals surface area contributed by atoms with E-state index in [-0.39, 0.29) is 0 Å². The predicted molar refractivity (Wildman–Crippen MR) is 99.6 cm³/mol. The largest absolute Gasteiger partial charge is 0.357 e. The molecule has 0 aliphatic carbocycles. The molecule has 0 atom stereocenters. The van der Waals surface area contributed by atoms with E-state index in [4.69, 9.17) is 0 Å². The summed E-state index contributed by atoms with van der Waals surface area (Å²) in [5.41, 5.74) is 2.28. The third-order valence-corrected chi connectivity index (χ3v) is 3.85. The Kier molecular flexibility index (Phi) is 7.94. The number of aryl methyl sites for hydroxylation is 4. The summed E-state index contributed by atoms with van der Waals surface area (Å²) < 4.78 is 4.05. The van der Waals surface area contributed by atoms with Gasteiger partial charge in [-0.05, 0) is 46.1 Å². The molecule has 0 unspecified atom stereocenters. The Balaban J connectivity index is 1.64. The number of hydrogen-bond acceptors (Lipinski definition) is 4. The molecule has 0 bridgehead atoms. The van der Waals surface area contributed by atoms with Gasteiger partial charge in [-0.2, -0.15) is 5.10 Å². The third kappa shape index (κ3) is 6.94. The molecule has 8 nitrogen and oxygen atoms in total. The Morgan fingerprint density at radius 2 is 1.88 bits per heavy atom. The standard InChI is InChI=1S/C17H30N8/c1-4-18-17(19-8-5-6-10-24-13-21-22-14-24)20-9-7-11-25-16(3)12-15(2)23-25/h12-14H,4-11H2,1-3H3,(H2,18,19,20). The second-order valence-electron chi connectivity index (χ2n) is 6.10. The number of nitrogens with one attached hydrogen (secondary N) is 2. The summed E-state index contributed by atoms with van der Waals surface area (Å²) in [5.74, 6) is 0.889. The first-order valence-electron chi connectivity index (χ1n) is 9.04. The summed E-state index contributed by atoms with van der Waals surface area (Å²) in [4.78, 5) is 4.64. The minimum absolute atomic E-state index is 0.786. The van der Waals surface area contributed by atoms with Crippen molar-refractivity contribution in [2.24, 2.45) is 4.99 Å². The summed E-state index contributed by atoms with van der Waals surface area (Å²) in [6, 6.07) is 2.11. The number of aromatic nitrogens is 5. The molecule has 0 radical (unpaired) electrons. The van der Waals surface area contributed by atoms with Crippen molar-refractivity contribution in [2.45, 2.75) is 53.1 Å². The van der Waals surface area contributed by atoms with Gasteiger partial charge in [0.15, 0.2) is 5.96 Å². The van der Waals surface area contributed by atoms with E-state index in [1.54, 1.807) is 12.7 Å². The molecule has 2 aromatic rings. The van der Waals surface area contributed by atoms with Crippen LogP contribution in [0.3, 0.4) is 0 Å². The SMILES string of the molecule is CCNC(=NCCCn1nc(C)cc1C)NCCCCn1cnnc1. The van der Waals surface area contributed by atoms with E-state index < -0.39 is 0 Å². The molecular formula is C17H30N8. The molecule has 0 aliphatic rings. The Morgan fingerprint density at radius 1 is 1.08 bits per heavy atom. The summed E-state index contributed by atoms with van der Waals surface area (Å²) in [6.45, 7) is 10.6. The normalized spacial score (nSPS) is 11.7. The number of unbranched alkanes of at least 4 members (excludes halogenated alkanes) is 1. The first kappa shape index (κ1) is 19.0. The van der Waals surface area contributed by atoms with Crippen LogP contribution < -0.4 is 10.6 Å². The van der Waals surface area contributed by atoms with Gasteiger partial charge in [-0.3, -0.25) is 9.67 Å². The Bertz CT molecular complexity index is 629. The van der Waals surface area contributed by atoms with E-state index in [0.29, 0.717) is 0 Å². The van der Waals surface area contributed by atoms with E-state index in [9.17, 15) is 0 Å². The van der Waals surface area contributed by atoms with Crippen molar-refractivity contribution < 1.29 is 0 Å². The fourth-order valence-corrected chi connectivity index (χ4v) is 2.62. The zero-order valence-corrected chi connectivity index (χ0v) is 15.6. The topological polar surface area (TPSA) is 85.0 Å². The Hall–Kier alpha value is -2.38. The van der Waals surface area contributed by atoms with Crippen LogP contribution in [-0.4, -0.2) is 50.1 Å². The van der Waals surface area contributed by atoms with Crippen LogP contribution in [0, 0.1) is 13.8 Å². The lowest BCUT2D eigenvalue weighted by atomic mass is 10.3. The van der Waals surface area contributed by atoms with Crippen molar-refractivity contribution in [3.8, 4) is 0 Å². The number of hydrogen-bond donors (Lipinski definition) is 2. The van der Waals surface area contributed by atoms with Crippen molar-refractivity contribution in [1.82, 2.24) is 35.2 Å². The number of nitrogens with zero attached hydrogens (tertiary/aromatic N) is 6. The molecule has 2 N–H and O–H groups in total. The van der Waals surface area contributed by atoms with Gasteiger partial charge in [0.25, 0.3) is 0 Å². The molecule has 0 spiro atoms. The van der Waals surface area contributed by atoms with Gasteiger partial charge < -0.3 is 15.2 Å². The molecule has 0 fully saturated rings. The fourth-order valence-electron chi connectivity index (χ4n) is 2.62. The number of rotatable bonds is 10. The van der Waals surface area contributed by atoms with Crippen molar-refractivity contribution in [3.63, 3.8) is 0 Å². The van der Waals surface area contributed by atoms with Crippen molar-refractivity contribution in [3.05, 3.63) is 30.1 Å². The molecule has 8 heteroatoms. The molecule has 0 amide bonds. The van der Waals surface area contributed by atoms with E-state index in [1.807, 2.05) is 11.5 Å². The van der Waals surface area contributed by atoms with Crippen molar-refractivity contribution in [1.29, 1.82) is 0 Å². The van der Waals surface area contributed by atoms with Gasteiger partial charge in [-0.15, -0.1) is 10.2 Å². The molecular weight excluding hydrogens is 316 g/mol. The van der Waals surface area contributed by atoms with E-state index in [1.165, 1.54) is 5.69 Å². The van der Waals surface area contributed by atoms with Crippen molar-refractivity contribution in [2.75, 3.05) is 19.6 Å². The van der Waals surface area contributed by atoms with Gasteiger partial charge in [-0.25, -0.2) is 0 Å². The predicted octanol–water partition coefficient (Wildman–Crippen LogP) is 1.52. The highest BCUT2D eigenvalue weighted by molar-refractivity contribution is 5.79. The van der Waals surface area contributed by atoms with Crippen LogP contribution in [0.25, 0.3) is 0 Å². The number of guanidine groups is 1. The second kappa shape index (κ2) is 10.5. The average Bonchev–Trinajstić information content (AvgIpc) is 3.20. The molecule has 0 aromatic carbocycles. The van der Waals surface area contributed by atoms with E-state index in [0.717, 1.165) is 63.6 Å². The highest BCUT2D eigenvalue weighted by Crippen LogP contribution is 2.02. The molecule has 2 aromatic heterocycles. The molecule has 2 heterocycles. The van der Waals surface area contributed by atoms with Crippen LogP contribution in [0.4, 0.5) is 0 Å². The van der Waals surface area contributed by atoms with Gasteiger partial charge in [0.2, 0.25) is 0 Å². The first-order valence-corrected chi connectivity index (χ1v) is 9.04. The molecule has 25 heavy (non-hydrogen) atoms. The monoisotopic (exact) mass is 346 g/mol.